The summed E-state index contributed by atoms with van der Waals surface area (Å²) in [6.07, 6.45) is 0. The Kier molecular flexibility index (Phi) is 5.71. The normalized spacial score (nSPS) is 11.4. The van der Waals surface area contributed by atoms with Gasteiger partial charge in [0.05, 0.1) is 4.90 Å². The summed E-state index contributed by atoms with van der Waals surface area (Å²) < 4.78 is 31.0. The van der Waals surface area contributed by atoms with Gasteiger partial charge in [0.2, 0.25) is 10.0 Å². The fourth-order valence-electron chi connectivity index (χ4n) is 2.15. The first-order valence-corrected chi connectivity index (χ1v) is 8.99. The van der Waals surface area contributed by atoms with E-state index < -0.39 is 22.5 Å². The summed E-state index contributed by atoms with van der Waals surface area (Å²) in [5, 5.41) is 0. The number of Topliss-reactive ketones (excluding diaryl/α,β-unsaturated/α-hetero) is 1. The van der Waals surface area contributed by atoms with Crippen molar-refractivity contribution in [1.82, 2.24) is 4.31 Å². The Morgan fingerprint density at radius 3 is 2.28 bits per heavy atom. The number of hydrogen-bond donors (Lipinski definition) is 0. The zero-order valence-electron chi connectivity index (χ0n) is 14.2. The number of aryl methyl sites for hydroxylation is 1. The summed E-state index contributed by atoms with van der Waals surface area (Å²) in [6, 6.07) is 12.5. The maximum atomic E-state index is 12.5. The molecule has 0 amide bonds. The van der Waals surface area contributed by atoms with Gasteiger partial charge in [-0.2, -0.15) is 4.31 Å². The van der Waals surface area contributed by atoms with Gasteiger partial charge in [-0.25, -0.2) is 8.42 Å². The smallest absolute Gasteiger partial charge is 0.326 e. The standard InChI is InChI=1S/C18H19NO5S/c1-13-5-4-6-16(11-13)24-18(21)12-19(3)25(22,23)17-9-7-15(8-10-17)14(2)20/h4-11H,12H2,1-3H3. The molecule has 0 aliphatic rings. The first-order valence-electron chi connectivity index (χ1n) is 7.55. The second-order valence-corrected chi connectivity index (χ2v) is 7.68. The number of esters is 1. The van der Waals surface area contributed by atoms with Crippen LogP contribution in [0.5, 0.6) is 5.75 Å². The molecular formula is C18H19NO5S. The summed E-state index contributed by atoms with van der Waals surface area (Å²) in [5.74, 6) is -0.474. The topological polar surface area (TPSA) is 80.8 Å². The number of carbonyl (C=O) groups excluding carboxylic acids is 2. The largest absolute Gasteiger partial charge is 0.426 e. The number of carbonyl (C=O) groups is 2. The van der Waals surface area contributed by atoms with E-state index in [1.165, 1.54) is 38.2 Å². The molecule has 0 aromatic heterocycles. The number of rotatable bonds is 6. The highest BCUT2D eigenvalue weighted by atomic mass is 32.2. The van der Waals surface area contributed by atoms with E-state index >= 15 is 0 Å². The van der Waals surface area contributed by atoms with Crippen LogP contribution in [0.1, 0.15) is 22.8 Å². The SMILES string of the molecule is CC(=O)c1ccc(S(=O)(=O)N(C)CC(=O)Oc2cccc(C)c2)cc1. The summed E-state index contributed by atoms with van der Waals surface area (Å²) in [4.78, 5) is 23.2. The Morgan fingerprint density at radius 1 is 1.08 bits per heavy atom. The zero-order valence-corrected chi connectivity index (χ0v) is 15.0. The minimum atomic E-state index is -3.86. The molecule has 0 saturated heterocycles. The third-order valence-corrected chi connectivity index (χ3v) is 5.36. The molecule has 0 saturated carbocycles. The Labute approximate surface area is 147 Å². The molecular weight excluding hydrogens is 342 g/mol. The molecule has 0 bridgehead atoms. The van der Waals surface area contributed by atoms with Gasteiger partial charge in [0.25, 0.3) is 0 Å². The lowest BCUT2D eigenvalue weighted by Crippen LogP contribution is -2.34. The minimum Gasteiger partial charge on any atom is -0.426 e. The number of likely N-dealkylation sites (N-methyl/N-ethyl adjacent to an activating group) is 1. The van der Waals surface area contributed by atoms with E-state index in [9.17, 15) is 18.0 Å². The first kappa shape index (κ1) is 18.8. The minimum absolute atomic E-state index is 0.00311. The number of ketones is 1. The van der Waals surface area contributed by atoms with Crippen LogP contribution in [0.25, 0.3) is 0 Å². The fraction of sp³-hybridized carbons (Fsp3) is 0.222. The van der Waals surface area contributed by atoms with E-state index in [0.717, 1.165) is 9.87 Å². The van der Waals surface area contributed by atoms with Crippen molar-refractivity contribution in [3.8, 4) is 5.75 Å². The molecule has 0 unspecified atom stereocenters. The van der Waals surface area contributed by atoms with Crippen LogP contribution in [0.4, 0.5) is 0 Å². The molecule has 25 heavy (non-hydrogen) atoms. The molecule has 7 heteroatoms. The van der Waals surface area contributed by atoms with E-state index in [-0.39, 0.29) is 10.7 Å². The van der Waals surface area contributed by atoms with Gasteiger partial charge in [0.15, 0.2) is 5.78 Å². The molecule has 0 aliphatic carbocycles. The Hall–Kier alpha value is -2.51. The van der Waals surface area contributed by atoms with Crippen LogP contribution in [0.2, 0.25) is 0 Å². The van der Waals surface area contributed by atoms with Crippen LogP contribution >= 0.6 is 0 Å². The van der Waals surface area contributed by atoms with Gasteiger partial charge in [-0.1, -0.05) is 24.3 Å². The second kappa shape index (κ2) is 7.58. The van der Waals surface area contributed by atoms with Crippen LogP contribution in [0.3, 0.4) is 0 Å². The molecule has 0 atom stereocenters. The number of ether oxygens (including phenoxy) is 1. The van der Waals surface area contributed by atoms with Crippen molar-refractivity contribution in [3.05, 3.63) is 59.7 Å². The van der Waals surface area contributed by atoms with Gasteiger partial charge < -0.3 is 4.74 Å². The second-order valence-electron chi connectivity index (χ2n) is 5.63. The molecule has 0 fully saturated rings. The van der Waals surface area contributed by atoms with Crippen molar-refractivity contribution in [2.24, 2.45) is 0 Å². The van der Waals surface area contributed by atoms with Crippen molar-refractivity contribution in [2.75, 3.05) is 13.6 Å². The highest BCUT2D eigenvalue weighted by molar-refractivity contribution is 7.89. The van der Waals surface area contributed by atoms with Crippen molar-refractivity contribution in [2.45, 2.75) is 18.7 Å². The van der Waals surface area contributed by atoms with Gasteiger partial charge in [-0.05, 0) is 43.7 Å². The Bertz CT molecular complexity index is 888. The van der Waals surface area contributed by atoms with Crippen molar-refractivity contribution < 1.29 is 22.7 Å². The monoisotopic (exact) mass is 361 g/mol. The predicted octanol–water partition coefficient (Wildman–Crippen LogP) is 2.42. The maximum absolute atomic E-state index is 12.5. The molecule has 2 aromatic rings. The highest BCUT2D eigenvalue weighted by Gasteiger charge is 2.24. The molecule has 0 aliphatic heterocycles. The van der Waals surface area contributed by atoms with E-state index in [1.807, 2.05) is 13.0 Å². The maximum Gasteiger partial charge on any atom is 0.326 e. The first-order chi connectivity index (χ1) is 11.7. The average Bonchev–Trinajstić information content (AvgIpc) is 2.54. The van der Waals surface area contributed by atoms with Crippen molar-refractivity contribution in [1.29, 1.82) is 0 Å². The van der Waals surface area contributed by atoms with Gasteiger partial charge in [-0.15, -0.1) is 0 Å². The van der Waals surface area contributed by atoms with Crippen LogP contribution in [0, 0.1) is 6.92 Å². The van der Waals surface area contributed by atoms with E-state index in [2.05, 4.69) is 0 Å². The van der Waals surface area contributed by atoms with Crippen molar-refractivity contribution >= 4 is 21.8 Å². The van der Waals surface area contributed by atoms with Crippen molar-refractivity contribution in [3.63, 3.8) is 0 Å². The Balaban J connectivity index is 2.08. The molecule has 0 radical (unpaired) electrons. The van der Waals surface area contributed by atoms with Gasteiger partial charge in [-0.3, -0.25) is 9.59 Å². The van der Waals surface area contributed by atoms with E-state index in [1.54, 1.807) is 18.2 Å². The molecule has 0 heterocycles. The zero-order chi connectivity index (χ0) is 18.6. The molecule has 0 spiro atoms. The molecule has 2 aromatic carbocycles. The predicted molar refractivity (Wildman–Crippen MR) is 93.1 cm³/mol. The number of hydrogen-bond acceptors (Lipinski definition) is 5. The fourth-order valence-corrected chi connectivity index (χ4v) is 3.27. The van der Waals surface area contributed by atoms with Crippen LogP contribution in [-0.2, 0) is 14.8 Å². The van der Waals surface area contributed by atoms with Gasteiger partial charge in [0, 0.05) is 12.6 Å². The lowest BCUT2D eigenvalue weighted by Gasteiger charge is -2.16. The Morgan fingerprint density at radius 2 is 1.72 bits per heavy atom. The lowest BCUT2D eigenvalue weighted by molar-refractivity contribution is -0.134. The number of nitrogens with zero attached hydrogens (tertiary/aromatic N) is 1. The van der Waals surface area contributed by atoms with E-state index in [4.69, 9.17) is 4.74 Å². The highest BCUT2D eigenvalue weighted by Crippen LogP contribution is 2.17. The van der Waals surface area contributed by atoms with E-state index in [0.29, 0.717) is 11.3 Å². The molecule has 6 nitrogen and oxygen atoms in total. The summed E-state index contributed by atoms with van der Waals surface area (Å²) in [6.45, 7) is 2.83. The third kappa shape index (κ3) is 4.74. The molecule has 132 valence electrons. The van der Waals surface area contributed by atoms with Crippen LogP contribution < -0.4 is 4.74 Å². The third-order valence-electron chi connectivity index (χ3n) is 3.54. The van der Waals surface area contributed by atoms with Crippen LogP contribution in [0.15, 0.2) is 53.4 Å². The molecule has 2 rings (SSSR count). The number of sulfonamides is 1. The van der Waals surface area contributed by atoms with Gasteiger partial charge >= 0.3 is 5.97 Å². The van der Waals surface area contributed by atoms with Gasteiger partial charge in [0.1, 0.15) is 12.3 Å². The number of benzene rings is 2. The quantitative estimate of drug-likeness (QED) is 0.448. The lowest BCUT2D eigenvalue weighted by atomic mass is 10.2. The summed E-state index contributed by atoms with van der Waals surface area (Å²) in [7, 11) is -2.56. The summed E-state index contributed by atoms with van der Waals surface area (Å²) in [5.41, 5.74) is 1.34. The molecule has 0 N–H and O–H groups in total. The van der Waals surface area contributed by atoms with Crippen LogP contribution in [-0.4, -0.2) is 38.1 Å². The summed E-state index contributed by atoms with van der Waals surface area (Å²) >= 11 is 0. The average molecular weight is 361 g/mol.